The molecule has 0 spiro atoms. The van der Waals surface area contributed by atoms with E-state index in [-0.39, 0.29) is 5.41 Å². The fourth-order valence-corrected chi connectivity index (χ4v) is 3.53. The van der Waals surface area contributed by atoms with Crippen molar-refractivity contribution in [1.82, 2.24) is 0 Å². The Morgan fingerprint density at radius 1 is 0.900 bits per heavy atom. The van der Waals surface area contributed by atoms with E-state index in [2.05, 4.69) is 22.0 Å². The summed E-state index contributed by atoms with van der Waals surface area (Å²) in [5.41, 5.74) is 2.02. The minimum atomic E-state index is -0.294. The molecule has 0 N–H and O–H groups in total. The zero-order valence-corrected chi connectivity index (χ0v) is 14.6. The first-order valence-electron chi connectivity index (χ1n) is 6.23. The van der Waals surface area contributed by atoms with Crippen LogP contribution in [0, 0.1) is 0 Å². The predicted octanol–water partition coefficient (Wildman–Crippen LogP) is 6.06. The lowest BCUT2D eigenvalue weighted by Crippen LogP contribution is -2.33. The van der Waals surface area contributed by atoms with Gasteiger partial charge in [0.25, 0.3) is 0 Å². The van der Waals surface area contributed by atoms with Crippen LogP contribution in [0.4, 0.5) is 0 Å². The van der Waals surface area contributed by atoms with Crippen LogP contribution in [0.1, 0.15) is 11.1 Å². The molecular weight excluding hydrogens is 378 g/mol. The highest BCUT2D eigenvalue weighted by Gasteiger charge is 2.31. The molecule has 0 aliphatic heterocycles. The summed E-state index contributed by atoms with van der Waals surface area (Å²) in [6.45, 7) is 0. The molecule has 0 unspecified atom stereocenters. The van der Waals surface area contributed by atoms with Crippen LogP contribution >= 0.6 is 50.7 Å². The molecule has 0 aliphatic rings. The van der Waals surface area contributed by atoms with Gasteiger partial charge in [-0.15, -0.1) is 23.2 Å². The molecule has 0 heterocycles. The molecular formula is C16H14BrCl3. The molecule has 106 valence electrons. The first-order chi connectivity index (χ1) is 9.61. The normalized spacial score (nSPS) is 11.6. The maximum Gasteiger partial charge on any atom is 0.0406 e. The van der Waals surface area contributed by atoms with Crippen molar-refractivity contribution in [3.05, 3.63) is 69.2 Å². The third-order valence-corrected chi connectivity index (χ3v) is 5.50. The molecule has 0 aliphatic carbocycles. The fraction of sp³-hybridized carbons (Fsp3) is 0.250. The Labute approximate surface area is 143 Å². The van der Waals surface area contributed by atoms with Gasteiger partial charge in [0.2, 0.25) is 0 Å². The highest BCUT2D eigenvalue weighted by atomic mass is 79.9. The standard InChI is InChI=1S/C16H14BrCl3/c17-15-4-2-1-3-12(15)9-16(10-18,11-19)13-5-7-14(20)8-6-13/h1-8H,9-11H2. The molecule has 0 aromatic heterocycles. The number of rotatable bonds is 5. The summed E-state index contributed by atoms with van der Waals surface area (Å²) in [6.07, 6.45) is 0.781. The van der Waals surface area contributed by atoms with E-state index in [9.17, 15) is 0 Å². The SMILES string of the molecule is ClCC(CCl)(Cc1ccccc1Br)c1ccc(Cl)cc1. The van der Waals surface area contributed by atoms with Crippen LogP contribution in [0.3, 0.4) is 0 Å². The Morgan fingerprint density at radius 2 is 1.50 bits per heavy atom. The smallest absolute Gasteiger partial charge is 0.0406 e. The van der Waals surface area contributed by atoms with Gasteiger partial charge < -0.3 is 0 Å². The third-order valence-electron chi connectivity index (χ3n) is 3.45. The van der Waals surface area contributed by atoms with Gasteiger partial charge in [0.1, 0.15) is 0 Å². The highest BCUT2D eigenvalue weighted by Crippen LogP contribution is 2.34. The summed E-state index contributed by atoms with van der Waals surface area (Å²) < 4.78 is 1.08. The van der Waals surface area contributed by atoms with E-state index in [1.165, 1.54) is 5.56 Å². The van der Waals surface area contributed by atoms with E-state index in [1.54, 1.807) is 0 Å². The Morgan fingerprint density at radius 3 is 2.05 bits per heavy atom. The van der Waals surface area contributed by atoms with Crippen molar-refractivity contribution < 1.29 is 0 Å². The summed E-state index contributed by atoms with van der Waals surface area (Å²) in [5, 5.41) is 0.715. The lowest BCUT2D eigenvalue weighted by Gasteiger charge is -2.31. The molecule has 0 saturated heterocycles. The van der Waals surface area contributed by atoms with Crippen LogP contribution < -0.4 is 0 Å². The van der Waals surface area contributed by atoms with Crippen molar-refractivity contribution in [1.29, 1.82) is 0 Å². The van der Waals surface area contributed by atoms with E-state index >= 15 is 0 Å². The molecule has 0 nitrogen and oxygen atoms in total. The number of hydrogen-bond donors (Lipinski definition) is 0. The maximum absolute atomic E-state index is 6.27. The van der Waals surface area contributed by atoms with Gasteiger partial charge in [-0.2, -0.15) is 0 Å². The second-order valence-corrected chi connectivity index (χ2v) is 6.65. The molecule has 2 rings (SSSR count). The maximum atomic E-state index is 6.27. The summed E-state index contributed by atoms with van der Waals surface area (Å²) in [4.78, 5) is 0. The largest absolute Gasteiger partial charge is 0.126 e. The Bertz CT molecular complexity index is 562. The number of halogens is 4. The summed E-state index contributed by atoms with van der Waals surface area (Å²) >= 11 is 22.1. The van der Waals surface area contributed by atoms with Crippen LogP contribution in [-0.4, -0.2) is 11.8 Å². The van der Waals surface area contributed by atoms with Crippen LogP contribution in [0.25, 0.3) is 0 Å². The molecule has 0 amide bonds. The molecule has 20 heavy (non-hydrogen) atoms. The molecule has 2 aromatic carbocycles. The van der Waals surface area contributed by atoms with Gasteiger partial charge in [-0.1, -0.05) is 57.9 Å². The van der Waals surface area contributed by atoms with E-state index in [0.717, 1.165) is 16.5 Å². The fourth-order valence-electron chi connectivity index (χ4n) is 2.20. The number of benzene rings is 2. The molecule has 0 bridgehead atoms. The van der Waals surface area contributed by atoms with E-state index in [0.29, 0.717) is 16.8 Å². The lowest BCUT2D eigenvalue weighted by molar-refractivity contribution is 0.535. The molecule has 0 fully saturated rings. The third kappa shape index (κ3) is 3.51. The second kappa shape index (κ2) is 7.17. The zero-order valence-electron chi connectivity index (χ0n) is 10.8. The molecule has 4 heteroatoms. The number of hydrogen-bond acceptors (Lipinski definition) is 0. The van der Waals surface area contributed by atoms with Crippen molar-refractivity contribution in [3.8, 4) is 0 Å². The predicted molar refractivity (Wildman–Crippen MR) is 92.4 cm³/mol. The van der Waals surface area contributed by atoms with Crippen molar-refractivity contribution in [2.45, 2.75) is 11.8 Å². The Hall–Kier alpha value is -0.210. The minimum Gasteiger partial charge on any atom is -0.126 e. The van der Waals surface area contributed by atoms with Crippen molar-refractivity contribution in [3.63, 3.8) is 0 Å². The molecule has 0 radical (unpaired) electrons. The van der Waals surface area contributed by atoms with Crippen LogP contribution in [0.15, 0.2) is 53.0 Å². The van der Waals surface area contributed by atoms with E-state index in [4.69, 9.17) is 34.8 Å². The van der Waals surface area contributed by atoms with Crippen LogP contribution in [-0.2, 0) is 11.8 Å². The molecule has 0 atom stereocenters. The van der Waals surface area contributed by atoms with E-state index in [1.807, 2.05) is 42.5 Å². The van der Waals surface area contributed by atoms with Gasteiger partial charge in [-0.3, -0.25) is 0 Å². The Balaban J connectivity index is 2.39. The lowest BCUT2D eigenvalue weighted by atomic mass is 9.79. The topological polar surface area (TPSA) is 0 Å². The van der Waals surface area contributed by atoms with E-state index < -0.39 is 0 Å². The minimum absolute atomic E-state index is 0.294. The molecule has 0 saturated carbocycles. The van der Waals surface area contributed by atoms with Gasteiger partial charge in [0, 0.05) is 26.7 Å². The summed E-state index contributed by atoms with van der Waals surface area (Å²) in [7, 11) is 0. The van der Waals surface area contributed by atoms with Gasteiger partial charge in [0.05, 0.1) is 0 Å². The Kier molecular flexibility index (Phi) is 5.80. The number of alkyl halides is 2. The summed E-state index contributed by atoms with van der Waals surface area (Å²) in [5.74, 6) is 0.916. The monoisotopic (exact) mass is 390 g/mol. The van der Waals surface area contributed by atoms with Crippen LogP contribution in [0.2, 0.25) is 5.02 Å². The van der Waals surface area contributed by atoms with Crippen molar-refractivity contribution in [2.75, 3.05) is 11.8 Å². The average Bonchev–Trinajstić information content (AvgIpc) is 2.48. The second-order valence-electron chi connectivity index (χ2n) is 4.82. The first kappa shape index (κ1) is 16.2. The van der Waals surface area contributed by atoms with Crippen molar-refractivity contribution >= 4 is 50.7 Å². The highest BCUT2D eigenvalue weighted by molar-refractivity contribution is 9.10. The average molecular weight is 393 g/mol. The zero-order chi connectivity index (χ0) is 14.6. The van der Waals surface area contributed by atoms with Gasteiger partial charge >= 0.3 is 0 Å². The van der Waals surface area contributed by atoms with Gasteiger partial charge in [-0.05, 0) is 35.7 Å². The van der Waals surface area contributed by atoms with Gasteiger partial charge in [-0.25, -0.2) is 0 Å². The quantitative estimate of drug-likeness (QED) is 0.543. The van der Waals surface area contributed by atoms with Crippen LogP contribution in [0.5, 0.6) is 0 Å². The van der Waals surface area contributed by atoms with Crippen molar-refractivity contribution in [2.24, 2.45) is 0 Å². The molecule has 2 aromatic rings. The first-order valence-corrected chi connectivity index (χ1v) is 8.47. The summed E-state index contributed by atoms with van der Waals surface area (Å²) in [6, 6.07) is 15.9. The van der Waals surface area contributed by atoms with Gasteiger partial charge in [0.15, 0.2) is 0 Å².